The van der Waals surface area contributed by atoms with Crippen molar-refractivity contribution in [3.8, 4) is 11.5 Å². The zero-order valence-electron chi connectivity index (χ0n) is 21.7. The summed E-state index contributed by atoms with van der Waals surface area (Å²) in [4.78, 5) is 0. The molecule has 1 fully saturated rings. The fraction of sp³-hybridized carbons (Fsp3) is 0.375. The molecule has 0 amide bonds. The van der Waals surface area contributed by atoms with Gasteiger partial charge in [-0.05, 0) is 80.5 Å². The third-order valence-electron chi connectivity index (χ3n) is 7.85. The Bertz CT molecular complexity index is 1220. The van der Waals surface area contributed by atoms with Crippen molar-refractivity contribution < 1.29 is 14.0 Å². The maximum absolute atomic E-state index is 6.68. The summed E-state index contributed by atoms with van der Waals surface area (Å²) in [6.07, 6.45) is 3.68. The van der Waals surface area contributed by atoms with Crippen LogP contribution < -0.4 is 9.47 Å². The number of alkyl halides is 1. The van der Waals surface area contributed by atoms with E-state index in [1.165, 1.54) is 65.8 Å². The largest absolute Gasteiger partial charge is 0.488 e. The first-order chi connectivity index (χ1) is 17.5. The fourth-order valence-corrected chi connectivity index (χ4v) is 5.94. The number of fused-ring (bicyclic) bond motifs is 1. The lowest BCUT2D eigenvalue weighted by Gasteiger charge is -2.39. The molecule has 5 rings (SSSR count). The van der Waals surface area contributed by atoms with Gasteiger partial charge in [0.25, 0.3) is 0 Å². The van der Waals surface area contributed by atoms with Gasteiger partial charge in [-0.1, -0.05) is 65.7 Å². The summed E-state index contributed by atoms with van der Waals surface area (Å²) >= 11 is 6.35. The van der Waals surface area contributed by atoms with Gasteiger partial charge in [-0.15, -0.1) is 0 Å². The van der Waals surface area contributed by atoms with Gasteiger partial charge in [-0.25, -0.2) is 0 Å². The molecule has 0 aliphatic carbocycles. The number of piperidine rings is 1. The van der Waals surface area contributed by atoms with E-state index in [-0.39, 0.29) is 6.10 Å². The van der Waals surface area contributed by atoms with Crippen LogP contribution in [0.5, 0.6) is 11.5 Å². The Labute approximate surface area is 220 Å². The smallest absolute Gasteiger partial charge is 0.155 e. The Balaban J connectivity index is 1.38. The molecule has 0 radical (unpaired) electrons. The molecular formula is C32H37ClNO2+. The average molecular weight is 503 g/mol. The molecule has 0 spiro atoms. The molecule has 3 aromatic carbocycles. The summed E-state index contributed by atoms with van der Waals surface area (Å²) < 4.78 is 13.8. The van der Waals surface area contributed by atoms with E-state index in [9.17, 15) is 0 Å². The van der Waals surface area contributed by atoms with E-state index in [2.05, 4.69) is 87.5 Å². The van der Waals surface area contributed by atoms with E-state index in [1.807, 2.05) is 0 Å². The lowest BCUT2D eigenvalue weighted by atomic mass is 9.85. The second kappa shape index (κ2) is 10.7. The number of allylic oxidation sites excluding steroid dienone is 1. The summed E-state index contributed by atoms with van der Waals surface area (Å²) in [6.45, 7) is 10.4. The Morgan fingerprint density at radius 2 is 1.56 bits per heavy atom. The Hall–Kier alpha value is -2.75. The molecule has 188 valence electrons. The van der Waals surface area contributed by atoms with E-state index >= 15 is 0 Å². The number of likely N-dealkylation sites (tertiary alicyclic amines) is 1. The van der Waals surface area contributed by atoms with Gasteiger partial charge in [0.2, 0.25) is 0 Å². The van der Waals surface area contributed by atoms with Gasteiger partial charge in [0.1, 0.15) is 30.8 Å². The highest BCUT2D eigenvalue weighted by molar-refractivity contribution is 6.17. The first-order valence-corrected chi connectivity index (χ1v) is 13.7. The predicted octanol–water partition coefficient (Wildman–Crippen LogP) is 7.94. The minimum atomic E-state index is -0.172. The van der Waals surface area contributed by atoms with Gasteiger partial charge >= 0.3 is 0 Å². The van der Waals surface area contributed by atoms with Crippen LogP contribution in [0.2, 0.25) is 0 Å². The second-order valence-corrected chi connectivity index (χ2v) is 10.8. The summed E-state index contributed by atoms with van der Waals surface area (Å²) in [5.41, 5.74) is 8.44. The number of halogens is 1. The zero-order valence-corrected chi connectivity index (χ0v) is 22.5. The number of quaternary nitrogens is 1. The first kappa shape index (κ1) is 24.9. The number of nitrogens with zero attached hydrogens (tertiary/aromatic N) is 1. The monoisotopic (exact) mass is 502 g/mol. The third kappa shape index (κ3) is 5.19. The lowest BCUT2D eigenvalue weighted by Crippen LogP contribution is -2.52. The average Bonchev–Trinajstić information content (AvgIpc) is 2.90. The van der Waals surface area contributed by atoms with Crippen molar-refractivity contribution in [1.29, 1.82) is 0 Å². The van der Waals surface area contributed by atoms with Crippen molar-refractivity contribution in [2.45, 2.75) is 46.1 Å². The van der Waals surface area contributed by atoms with Crippen LogP contribution in [-0.2, 0) is 0 Å². The third-order valence-corrected chi connectivity index (χ3v) is 8.36. The zero-order chi connectivity index (χ0) is 25.1. The highest BCUT2D eigenvalue weighted by Gasteiger charge is 2.30. The normalized spacial score (nSPS) is 18.9. The SMILES string of the molecule is CC1=C(c2ccc(C)cc2)[C@H](c2ccc(OCC[N+]3(CCl)CCCCC3)cc2)Oc2cc(C)ccc21. The molecule has 0 unspecified atom stereocenters. The van der Waals surface area contributed by atoms with Gasteiger partial charge in [0.15, 0.2) is 6.00 Å². The predicted molar refractivity (Wildman–Crippen MR) is 150 cm³/mol. The Morgan fingerprint density at radius 3 is 2.25 bits per heavy atom. The first-order valence-electron chi connectivity index (χ1n) is 13.2. The van der Waals surface area contributed by atoms with Crippen molar-refractivity contribution in [3.05, 3.63) is 94.5 Å². The number of rotatable bonds is 7. The summed E-state index contributed by atoms with van der Waals surface area (Å²) in [5, 5.41) is 0. The van der Waals surface area contributed by atoms with E-state index in [0.717, 1.165) is 28.1 Å². The van der Waals surface area contributed by atoms with Gasteiger partial charge < -0.3 is 14.0 Å². The molecule has 3 nitrogen and oxygen atoms in total. The number of ether oxygens (including phenoxy) is 2. The number of benzene rings is 3. The van der Waals surface area contributed by atoms with Gasteiger partial charge in [0, 0.05) is 11.1 Å². The van der Waals surface area contributed by atoms with Crippen LogP contribution in [0.15, 0.2) is 66.7 Å². The van der Waals surface area contributed by atoms with Crippen molar-refractivity contribution in [1.82, 2.24) is 0 Å². The molecule has 1 atom stereocenters. The van der Waals surface area contributed by atoms with E-state index < -0.39 is 0 Å². The summed E-state index contributed by atoms with van der Waals surface area (Å²) in [5.74, 6) is 1.85. The topological polar surface area (TPSA) is 18.5 Å². The molecule has 2 aliphatic rings. The lowest BCUT2D eigenvalue weighted by molar-refractivity contribution is -0.922. The minimum absolute atomic E-state index is 0.172. The number of hydrogen-bond donors (Lipinski definition) is 0. The number of hydrogen-bond acceptors (Lipinski definition) is 2. The molecule has 0 N–H and O–H groups in total. The van der Waals surface area contributed by atoms with Crippen LogP contribution in [0.25, 0.3) is 11.1 Å². The van der Waals surface area contributed by atoms with Crippen LogP contribution in [0, 0.1) is 13.8 Å². The van der Waals surface area contributed by atoms with Crippen LogP contribution in [0.3, 0.4) is 0 Å². The van der Waals surface area contributed by atoms with Crippen molar-refractivity contribution >= 4 is 22.7 Å². The molecule has 36 heavy (non-hydrogen) atoms. The van der Waals surface area contributed by atoms with Gasteiger partial charge in [-0.2, -0.15) is 0 Å². The van der Waals surface area contributed by atoms with E-state index in [4.69, 9.17) is 21.1 Å². The molecule has 2 heterocycles. The standard InChI is InChI=1S/C32H37ClNO2/c1-23-7-10-26(11-8-23)31-25(3)29-16-9-24(2)21-30(29)36-32(31)27-12-14-28(15-13-27)35-20-19-34(22-33)17-5-4-6-18-34/h7-16,21,32H,4-6,17-20,22H2,1-3H3/q+1/t32-/m0/s1. The van der Waals surface area contributed by atoms with Gasteiger partial charge in [0.05, 0.1) is 13.1 Å². The molecule has 1 saturated heterocycles. The molecular weight excluding hydrogens is 466 g/mol. The number of aryl methyl sites for hydroxylation is 2. The summed E-state index contributed by atoms with van der Waals surface area (Å²) in [6, 6.07) is 24.4. The second-order valence-electron chi connectivity index (χ2n) is 10.5. The van der Waals surface area contributed by atoms with Crippen molar-refractivity contribution in [3.63, 3.8) is 0 Å². The quantitative estimate of drug-likeness (QED) is 0.185. The highest BCUT2D eigenvalue weighted by Crippen LogP contribution is 2.46. The van der Waals surface area contributed by atoms with Crippen LogP contribution >= 0.6 is 11.6 Å². The van der Waals surface area contributed by atoms with E-state index in [0.29, 0.717) is 12.6 Å². The van der Waals surface area contributed by atoms with Crippen LogP contribution in [-0.4, -0.2) is 36.7 Å². The van der Waals surface area contributed by atoms with Crippen molar-refractivity contribution in [2.75, 3.05) is 32.2 Å². The van der Waals surface area contributed by atoms with Crippen LogP contribution in [0.4, 0.5) is 0 Å². The molecule has 4 heteroatoms. The Morgan fingerprint density at radius 1 is 0.861 bits per heavy atom. The molecule has 0 saturated carbocycles. The maximum atomic E-state index is 6.68. The molecule has 0 aromatic heterocycles. The molecule has 2 aliphatic heterocycles. The minimum Gasteiger partial charge on any atom is -0.488 e. The van der Waals surface area contributed by atoms with Crippen molar-refractivity contribution in [2.24, 2.45) is 0 Å². The molecule has 3 aromatic rings. The van der Waals surface area contributed by atoms with E-state index in [1.54, 1.807) is 0 Å². The Kier molecular flexibility index (Phi) is 7.41. The fourth-order valence-electron chi connectivity index (χ4n) is 5.58. The highest BCUT2D eigenvalue weighted by atomic mass is 35.5. The molecule has 0 bridgehead atoms. The maximum Gasteiger partial charge on any atom is 0.155 e. The van der Waals surface area contributed by atoms with Crippen LogP contribution in [0.1, 0.15) is 60.1 Å². The van der Waals surface area contributed by atoms with Gasteiger partial charge in [-0.3, -0.25) is 0 Å². The summed E-state index contributed by atoms with van der Waals surface area (Å²) in [7, 11) is 0.